The van der Waals surface area contributed by atoms with Gasteiger partial charge in [0.2, 0.25) is 0 Å². The molecule has 0 aliphatic heterocycles. The van der Waals surface area contributed by atoms with Gasteiger partial charge < -0.3 is 5.32 Å². The summed E-state index contributed by atoms with van der Waals surface area (Å²) >= 11 is 0. The molecule has 116 valence electrons. The van der Waals surface area contributed by atoms with Crippen molar-refractivity contribution in [2.24, 2.45) is 21.8 Å². The van der Waals surface area contributed by atoms with Crippen molar-refractivity contribution in [1.82, 2.24) is 5.43 Å². The highest BCUT2D eigenvalue weighted by Gasteiger charge is 2.65. The Morgan fingerprint density at radius 3 is 2.50 bits per heavy atom. The van der Waals surface area contributed by atoms with Crippen LogP contribution in [0.5, 0.6) is 0 Å². The van der Waals surface area contributed by atoms with E-state index in [9.17, 15) is 9.59 Å². The van der Waals surface area contributed by atoms with E-state index in [4.69, 9.17) is 0 Å². The maximum absolute atomic E-state index is 12.6. The number of hydrogen-bond donors (Lipinski definition) is 2. The summed E-state index contributed by atoms with van der Waals surface area (Å²) in [4.78, 5) is 24.5. The number of ketones is 1. The van der Waals surface area contributed by atoms with Crippen LogP contribution in [0.1, 0.15) is 33.6 Å². The number of benzene rings is 1. The summed E-state index contributed by atoms with van der Waals surface area (Å²) in [5, 5.41) is 6.82. The highest BCUT2D eigenvalue weighted by molar-refractivity contribution is 6.45. The molecule has 2 amide bonds. The molecule has 2 aliphatic rings. The van der Waals surface area contributed by atoms with Crippen molar-refractivity contribution in [3.63, 3.8) is 0 Å². The molecule has 22 heavy (non-hydrogen) atoms. The molecule has 1 aromatic rings. The van der Waals surface area contributed by atoms with Crippen molar-refractivity contribution in [3.8, 4) is 0 Å². The Kier molecular flexibility index (Phi) is 3.31. The first kappa shape index (κ1) is 14.8. The lowest BCUT2D eigenvalue weighted by Gasteiger charge is -2.31. The Bertz CT molecular complexity index is 651. The normalized spacial score (nSPS) is 30.6. The topological polar surface area (TPSA) is 70.6 Å². The van der Waals surface area contributed by atoms with Crippen LogP contribution in [0.3, 0.4) is 0 Å². The van der Waals surface area contributed by atoms with E-state index in [1.165, 1.54) is 0 Å². The third-order valence-electron chi connectivity index (χ3n) is 5.60. The fraction of sp³-hybridized carbons (Fsp3) is 0.471. The zero-order valence-corrected chi connectivity index (χ0v) is 13.1. The van der Waals surface area contributed by atoms with E-state index in [0.717, 1.165) is 12.8 Å². The number of para-hydroxylation sites is 1. The van der Waals surface area contributed by atoms with Crippen molar-refractivity contribution in [1.29, 1.82) is 0 Å². The van der Waals surface area contributed by atoms with Crippen LogP contribution in [-0.4, -0.2) is 17.5 Å². The molecule has 1 aromatic carbocycles. The molecule has 0 spiro atoms. The van der Waals surface area contributed by atoms with Gasteiger partial charge in [-0.25, -0.2) is 10.2 Å². The Labute approximate surface area is 130 Å². The highest BCUT2D eigenvalue weighted by atomic mass is 16.2. The molecule has 2 N–H and O–H groups in total. The molecule has 0 aromatic heterocycles. The van der Waals surface area contributed by atoms with E-state index in [1.54, 1.807) is 12.1 Å². The molecular formula is C17H21N3O2. The van der Waals surface area contributed by atoms with Crippen LogP contribution in [0.25, 0.3) is 0 Å². The predicted molar refractivity (Wildman–Crippen MR) is 85.7 cm³/mol. The van der Waals surface area contributed by atoms with Gasteiger partial charge in [0.1, 0.15) is 5.71 Å². The van der Waals surface area contributed by atoms with E-state index in [1.807, 2.05) is 25.1 Å². The zero-order chi connectivity index (χ0) is 16.0. The molecule has 0 radical (unpaired) electrons. The van der Waals surface area contributed by atoms with Gasteiger partial charge in [-0.15, -0.1) is 0 Å². The van der Waals surface area contributed by atoms with E-state index in [0.29, 0.717) is 11.4 Å². The number of fused-ring (bicyclic) bond motifs is 2. The smallest absolute Gasteiger partial charge is 0.307 e. The third-order valence-corrected chi connectivity index (χ3v) is 5.60. The number of hydrogen-bond acceptors (Lipinski definition) is 3. The Hall–Kier alpha value is -2.17. The van der Waals surface area contributed by atoms with E-state index in [-0.39, 0.29) is 22.5 Å². The molecule has 2 saturated carbocycles. The second-order valence-corrected chi connectivity index (χ2v) is 6.90. The van der Waals surface area contributed by atoms with E-state index in [2.05, 4.69) is 29.7 Å². The number of rotatable bonds is 2. The van der Waals surface area contributed by atoms with Gasteiger partial charge in [-0.2, -0.15) is 5.10 Å². The summed E-state index contributed by atoms with van der Waals surface area (Å²) < 4.78 is 0. The number of anilines is 1. The number of hydrazone groups is 1. The fourth-order valence-corrected chi connectivity index (χ4v) is 3.75. The first-order valence-electron chi connectivity index (χ1n) is 7.61. The summed E-state index contributed by atoms with van der Waals surface area (Å²) in [6.07, 6.45) is 1.86. The van der Waals surface area contributed by atoms with Crippen LogP contribution in [0.15, 0.2) is 35.4 Å². The van der Waals surface area contributed by atoms with Gasteiger partial charge in [0.25, 0.3) is 0 Å². The number of amides is 2. The number of nitrogens with one attached hydrogen (secondary N) is 2. The summed E-state index contributed by atoms with van der Waals surface area (Å²) in [7, 11) is 0. The minimum Gasteiger partial charge on any atom is -0.307 e. The van der Waals surface area contributed by atoms with Crippen LogP contribution in [0.2, 0.25) is 0 Å². The Balaban J connectivity index is 1.72. The average molecular weight is 299 g/mol. The molecule has 2 aliphatic carbocycles. The van der Waals surface area contributed by atoms with Gasteiger partial charge in [-0.3, -0.25) is 4.79 Å². The van der Waals surface area contributed by atoms with Crippen molar-refractivity contribution in [2.45, 2.75) is 33.6 Å². The van der Waals surface area contributed by atoms with Crippen LogP contribution < -0.4 is 10.7 Å². The van der Waals surface area contributed by atoms with Crippen LogP contribution in [0, 0.1) is 16.7 Å². The molecule has 2 bridgehead atoms. The standard InChI is InChI=1S/C17H21N3O2/c1-16(2)12-9-10-17(16,3)14(21)13(12)19-20-15(22)18-11-7-5-4-6-8-11/h4-8,12H,9-10H2,1-3H3,(H2,18,20,22)/b19-13+. The summed E-state index contributed by atoms with van der Waals surface area (Å²) in [6, 6.07) is 8.70. The maximum atomic E-state index is 12.6. The second-order valence-electron chi connectivity index (χ2n) is 6.90. The summed E-state index contributed by atoms with van der Waals surface area (Å²) in [5.41, 5.74) is 3.21. The predicted octanol–water partition coefficient (Wildman–Crippen LogP) is 3.19. The summed E-state index contributed by atoms with van der Waals surface area (Å²) in [6.45, 7) is 6.26. The number of urea groups is 1. The molecule has 2 unspecified atom stereocenters. The molecule has 5 nitrogen and oxygen atoms in total. The van der Waals surface area contributed by atoms with Crippen LogP contribution >= 0.6 is 0 Å². The van der Waals surface area contributed by atoms with Gasteiger partial charge in [-0.05, 0) is 30.4 Å². The van der Waals surface area contributed by atoms with Gasteiger partial charge in [-0.1, -0.05) is 39.0 Å². The molecule has 0 saturated heterocycles. The second kappa shape index (κ2) is 4.93. The van der Waals surface area contributed by atoms with E-state index < -0.39 is 6.03 Å². The molecule has 0 heterocycles. The Morgan fingerprint density at radius 2 is 1.91 bits per heavy atom. The lowest BCUT2D eigenvalue weighted by molar-refractivity contribution is -0.123. The fourth-order valence-electron chi connectivity index (χ4n) is 3.75. The maximum Gasteiger partial charge on any atom is 0.339 e. The quantitative estimate of drug-likeness (QED) is 0.823. The summed E-state index contributed by atoms with van der Waals surface area (Å²) in [5.74, 6) is 0.204. The zero-order valence-electron chi connectivity index (χ0n) is 13.1. The van der Waals surface area contributed by atoms with Gasteiger partial charge in [0.05, 0.1) is 0 Å². The number of nitrogens with zero attached hydrogens (tertiary/aromatic N) is 1. The molecule has 2 fully saturated rings. The Morgan fingerprint density at radius 1 is 1.23 bits per heavy atom. The van der Waals surface area contributed by atoms with Gasteiger partial charge in [0, 0.05) is 17.0 Å². The first-order valence-corrected chi connectivity index (χ1v) is 7.61. The molecule has 5 heteroatoms. The molecular weight excluding hydrogens is 278 g/mol. The van der Waals surface area contributed by atoms with E-state index >= 15 is 0 Å². The van der Waals surface area contributed by atoms with Crippen molar-refractivity contribution in [2.75, 3.05) is 5.32 Å². The minimum absolute atomic E-state index is 0.0776. The van der Waals surface area contributed by atoms with Crippen LogP contribution in [0.4, 0.5) is 10.5 Å². The van der Waals surface area contributed by atoms with Gasteiger partial charge in [0.15, 0.2) is 5.78 Å². The average Bonchev–Trinajstić information content (AvgIpc) is 2.79. The monoisotopic (exact) mass is 299 g/mol. The number of Topliss-reactive ketones (excluding diaryl/α,β-unsaturated/α-hetero) is 1. The SMILES string of the molecule is CC12CCC(/C(=N\NC(=O)Nc3ccccc3)C1=O)C2(C)C. The first-order chi connectivity index (χ1) is 10.4. The molecule has 2 atom stereocenters. The lowest BCUT2D eigenvalue weighted by atomic mass is 9.70. The number of carbonyl (C=O) groups is 2. The van der Waals surface area contributed by atoms with Crippen LogP contribution in [-0.2, 0) is 4.79 Å². The van der Waals surface area contributed by atoms with Crippen molar-refractivity contribution >= 4 is 23.2 Å². The highest BCUT2D eigenvalue weighted by Crippen LogP contribution is 2.62. The minimum atomic E-state index is -0.433. The third kappa shape index (κ3) is 2.03. The van der Waals surface area contributed by atoms with Gasteiger partial charge >= 0.3 is 6.03 Å². The van der Waals surface area contributed by atoms with Crippen molar-refractivity contribution in [3.05, 3.63) is 30.3 Å². The largest absolute Gasteiger partial charge is 0.339 e. The lowest BCUT2D eigenvalue weighted by Crippen LogP contribution is -2.34. The van der Waals surface area contributed by atoms with Crippen molar-refractivity contribution < 1.29 is 9.59 Å². The number of carbonyl (C=O) groups excluding carboxylic acids is 2. The molecule has 3 rings (SSSR count).